The molecule has 1 fully saturated rings. The predicted molar refractivity (Wildman–Crippen MR) is 67.0 cm³/mol. The van der Waals surface area contributed by atoms with E-state index in [9.17, 15) is 0 Å². The summed E-state index contributed by atoms with van der Waals surface area (Å²) in [5.41, 5.74) is 1.34. The minimum atomic E-state index is 0.0207. The summed E-state index contributed by atoms with van der Waals surface area (Å²) in [6.07, 6.45) is 0. The highest BCUT2D eigenvalue weighted by molar-refractivity contribution is 9.10. The molecule has 0 spiro atoms. The zero-order chi connectivity index (χ0) is 10.9. The van der Waals surface area contributed by atoms with E-state index in [2.05, 4.69) is 64.7 Å². The van der Waals surface area contributed by atoms with E-state index >= 15 is 0 Å². The topological polar surface area (TPSA) is 24.1 Å². The third kappa shape index (κ3) is 2.41. The average Bonchev–Trinajstić information content (AvgIpc) is 2.12. The number of benzene rings is 1. The Morgan fingerprint density at radius 1 is 1.33 bits per heavy atom. The van der Waals surface area contributed by atoms with Crippen molar-refractivity contribution in [1.29, 1.82) is 0 Å². The zero-order valence-electron chi connectivity index (χ0n) is 9.18. The molecule has 1 heterocycles. The SMILES string of the molecule is CC(C)(NC1CNC1)c1ccccc1Br. The fraction of sp³-hybridized carbons (Fsp3) is 0.500. The lowest BCUT2D eigenvalue weighted by molar-refractivity contribution is 0.273. The minimum Gasteiger partial charge on any atom is -0.314 e. The molecule has 0 unspecified atom stereocenters. The molecule has 1 aromatic rings. The van der Waals surface area contributed by atoms with Crippen LogP contribution in [-0.2, 0) is 5.54 Å². The van der Waals surface area contributed by atoms with Crippen LogP contribution in [0.4, 0.5) is 0 Å². The third-order valence-corrected chi connectivity index (χ3v) is 3.59. The van der Waals surface area contributed by atoms with Crippen LogP contribution in [0.2, 0.25) is 0 Å². The van der Waals surface area contributed by atoms with E-state index in [1.807, 2.05) is 0 Å². The second-order valence-electron chi connectivity index (χ2n) is 4.60. The van der Waals surface area contributed by atoms with E-state index in [1.165, 1.54) is 10.0 Å². The normalized spacial score (nSPS) is 17.5. The van der Waals surface area contributed by atoms with Crippen molar-refractivity contribution >= 4 is 15.9 Å². The van der Waals surface area contributed by atoms with Crippen molar-refractivity contribution in [2.45, 2.75) is 25.4 Å². The molecule has 15 heavy (non-hydrogen) atoms. The van der Waals surface area contributed by atoms with Gasteiger partial charge in [0.25, 0.3) is 0 Å². The molecule has 2 nitrogen and oxygen atoms in total. The summed E-state index contributed by atoms with van der Waals surface area (Å²) in [7, 11) is 0. The molecule has 0 atom stereocenters. The van der Waals surface area contributed by atoms with Gasteiger partial charge in [0, 0.05) is 29.1 Å². The number of halogens is 1. The first-order chi connectivity index (χ1) is 7.09. The Bertz CT molecular complexity index is 345. The summed E-state index contributed by atoms with van der Waals surface area (Å²) in [5, 5.41) is 6.93. The Morgan fingerprint density at radius 3 is 2.53 bits per heavy atom. The van der Waals surface area contributed by atoms with Crippen molar-refractivity contribution in [2.75, 3.05) is 13.1 Å². The Labute approximate surface area is 99.6 Å². The summed E-state index contributed by atoms with van der Waals surface area (Å²) in [6, 6.07) is 9.00. The van der Waals surface area contributed by atoms with Gasteiger partial charge in [0.1, 0.15) is 0 Å². The van der Waals surface area contributed by atoms with Crippen LogP contribution >= 0.6 is 15.9 Å². The molecule has 0 aliphatic carbocycles. The van der Waals surface area contributed by atoms with Crippen LogP contribution in [0, 0.1) is 0 Å². The molecule has 2 rings (SSSR count). The highest BCUT2D eigenvalue weighted by atomic mass is 79.9. The first-order valence-corrected chi connectivity index (χ1v) is 6.12. The molecular formula is C12H17BrN2. The Kier molecular flexibility index (Phi) is 3.14. The number of nitrogens with one attached hydrogen (secondary N) is 2. The van der Waals surface area contributed by atoms with Crippen LogP contribution in [0.25, 0.3) is 0 Å². The largest absolute Gasteiger partial charge is 0.314 e. The number of hydrogen-bond acceptors (Lipinski definition) is 2. The van der Waals surface area contributed by atoms with Crippen molar-refractivity contribution in [3.8, 4) is 0 Å². The molecule has 3 heteroatoms. The van der Waals surface area contributed by atoms with E-state index in [0.29, 0.717) is 6.04 Å². The summed E-state index contributed by atoms with van der Waals surface area (Å²) in [6.45, 7) is 6.61. The molecule has 0 amide bonds. The van der Waals surface area contributed by atoms with Crippen molar-refractivity contribution in [3.05, 3.63) is 34.3 Å². The number of hydrogen-bond donors (Lipinski definition) is 2. The fourth-order valence-corrected chi connectivity index (χ4v) is 2.73. The maximum Gasteiger partial charge on any atom is 0.0391 e. The minimum absolute atomic E-state index is 0.0207. The lowest BCUT2D eigenvalue weighted by Gasteiger charge is -2.37. The van der Waals surface area contributed by atoms with Gasteiger partial charge in [-0.1, -0.05) is 34.1 Å². The molecular weight excluding hydrogens is 252 g/mol. The quantitative estimate of drug-likeness (QED) is 0.879. The Balaban J connectivity index is 2.16. The molecule has 1 aliphatic heterocycles. The first kappa shape index (κ1) is 11.1. The molecule has 0 radical (unpaired) electrons. The van der Waals surface area contributed by atoms with Gasteiger partial charge < -0.3 is 10.6 Å². The molecule has 2 N–H and O–H groups in total. The van der Waals surface area contributed by atoms with Crippen LogP contribution in [0.5, 0.6) is 0 Å². The van der Waals surface area contributed by atoms with Gasteiger partial charge in [-0.15, -0.1) is 0 Å². The summed E-state index contributed by atoms with van der Waals surface area (Å²) >= 11 is 3.61. The molecule has 82 valence electrons. The van der Waals surface area contributed by atoms with Crippen LogP contribution in [-0.4, -0.2) is 19.1 Å². The van der Waals surface area contributed by atoms with E-state index in [1.54, 1.807) is 0 Å². The highest BCUT2D eigenvalue weighted by Gasteiger charge is 2.28. The van der Waals surface area contributed by atoms with Crippen LogP contribution in [0.1, 0.15) is 19.4 Å². The summed E-state index contributed by atoms with van der Waals surface area (Å²) < 4.78 is 1.18. The lowest BCUT2D eigenvalue weighted by atomic mass is 9.92. The fourth-order valence-electron chi connectivity index (χ4n) is 1.95. The Hall–Kier alpha value is -0.380. The molecule has 0 bridgehead atoms. The van der Waals surface area contributed by atoms with Gasteiger partial charge in [-0.3, -0.25) is 0 Å². The van der Waals surface area contributed by atoms with Gasteiger partial charge in [0.05, 0.1) is 0 Å². The van der Waals surface area contributed by atoms with E-state index < -0.39 is 0 Å². The number of rotatable bonds is 3. The first-order valence-electron chi connectivity index (χ1n) is 5.33. The second kappa shape index (κ2) is 4.24. The predicted octanol–water partition coefficient (Wildman–Crippen LogP) is 2.25. The lowest BCUT2D eigenvalue weighted by Crippen LogP contribution is -2.60. The van der Waals surface area contributed by atoms with Crippen molar-refractivity contribution in [3.63, 3.8) is 0 Å². The monoisotopic (exact) mass is 268 g/mol. The van der Waals surface area contributed by atoms with Crippen LogP contribution < -0.4 is 10.6 Å². The van der Waals surface area contributed by atoms with Gasteiger partial charge in [-0.2, -0.15) is 0 Å². The van der Waals surface area contributed by atoms with Gasteiger partial charge >= 0.3 is 0 Å². The zero-order valence-corrected chi connectivity index (χ0v) is 10.8. The van der Waals surface area contributed by atoms with Gasteiger partial charge in [-0.25, -0.2) is 0 Å². The molecule has 0 aromatic heterocycles. The third-order valence-electron chi connectivity index (χ3n) is 2.89. The van der Waals surface area contributed by atoms with E-state index in [0.717, 1.165) is 13.1 Å². The van der Waals surface area contributed by atoms with E-state index in [-0.39, 0.29) is 5.54 Å². The smallest absolute Gasteiger partial charge is 0.0391 e. The molecule has 0 saturated carbocycles. The molecule has 1 saturated heterocycles. The Morgan fingerprint density at radius 2 is 2.00 bits per heavy atom. The van der Waals surface area contributed by atoms with Gasteiger partial charge in [0.2, 0.25) is 0 Å². The summed E-state index contributed by atoms with van der Waals surface area (Å²) in [4.78, 5) is 0. The summed E-state index contributed by atoms with van der Waals surface area (Å²) in [5.74, 6) is 0. The van der Waals surface area contributed by atoms with Gasteiger partial charge in [-0.05, 0) is 25.5 Å². The van der Waals surface area contributed by atoms with Crippen LogP contribution in [0.15, 0.2) is 28.7 Å². The maximum absolute atomic E-state index is 3.66. The molecule has 1 aromatic carbocycles. The molecule has 1 aliphatic rings. The standard InChI is InChI=1S/C12H17BrN2/c1-12(2,15-9-7-14-8-9)10-5-3-4-6-11(10)13/h3-6,9,14-15H,7-8H2,1-2H3. The van der Waals surface area contributed by atoms with Crippen molar-refractivity contribution in [1.82, 2.24) is 10.6 Å². The second-order valence-corrected chi connectivity index (χ2v) is 5.46. The highest BCUT2D eigenvalue weighted by Crippen LogP contribution is 2.28. The average molecular weight is 269 g/mol. The van der Waals surface area contributed by atoms with Gasteiger partial charge in [0.15, 0.2) is 0 Å². The van der Waals surface area contributed by atoms with E-state index in [4.69, 9.17) is 0 Å². The van der Waals surface area contributed by atoms with Crippen molar-refractivity contribution < 1.29 is 0 Å². The maximum atomic E-state index is 3.66. The van der Waals surface area contributed by atoms with Crippen LogP contribution in [0.3, 0.4) is 0 Å². The van der Waals surface area contributed by atoms with Crippen molar-refractivity contribution in [2.24, 2.45) is 0 Å².